The van der Waals surface area contributed by atoms with Crippen molar-refractivity contribution in [3.63, 3.8) is 0 Å². The standard InChI is InChI=1S/C10H9NO3/c1-13-10(12)7-3-2-6-5-9(11)14-8(6)4-7/h2-5H,11H2,1H3. The summed E-state index contributed by atoms with van der Waals surface area (Å²) in [5, 5.41) is 0.871. The molecular formula is C10H9NO3. The Labute approximate surface area is 80.3 Å². The number of fused-ring (bicyclic) bond motifs is 1. The number of hydrogen-bond acceptors (Lipinski definition) is 4. The summed E-state index contributed by atoms with van der Waals surface area (Å²) in [5.41, 5.74) is 6.51. The quantitative estimate of drug-likeness (QED) is 0.698. The zero-order valence-electron chi connectivity index (χ0n) is 7.61. The van der Waals surface area contributed by atoms with Gasteiger partial charge in [0.2, 0.25) is 0 Å². The van der Waals surface area contributed by atoms with Crippen molar-refractivity contribution in [2.24, 2.45) is 0 Å². The van der Waals surface area contributed by atoms with E-state index in [0.717, 1.165) is 5.39 Å². The zero-order chi connectivity index (χ0) is 10.1. The van der Waals surface area contributed by atoms with Crippen molar-refractivity contribution in [3.8, 4) is 0 Å². The highest BCUT2D eigenvalue weighted by Crippen LogP contribution is 2.22. The van der Waals surface area contributed by atoms with Gasteiger partial charge in [-0.15, -0.1) is 0 Å². The molecule has 2 aromatic rings. The fraction of sp³-hybridized carbons (Fsp3) is 0.100. The average Bonchev–Trinajstić information content (AvgIpc) is 2.55. The zero-order valence-corrected chi connectivity index (χ0v) is 7.61. The minimum absolute atomic E-state index is 0.335. The molecule has 0 bridgehead atoms. The molecule has 0 fully saturated rings. The van der Waals surface area contributed by atoms with Crippen molar-refractivity contribution in [1.29, 1.82) is 0 Å². The fourth-order valence-corrected chi connectivity index (χ4v) is 1.30. The van der Waals surface area contributed by atoms with Gasteiger partial charge in [-0.3, -0.25) is 0 Å². The summed E-state index contributed by atoms with van der Waals surface area (Å²) in [7, 11) is 1.34. The Morgan fingerprint density at radius 2 is 2.21 bits per heavy atom. The van der Waals surface area contributed by atoms with Crippen LogP contribution in [0.5, 0.6) is 0 Å². The number of anilines is 1. The lowest BCUT2D eigenvalue weighted by Crippen LogP contribution is -1.99. The molecule has 2 rings (SSSR count). The summed E-state index contributed by atoms with van der Waals surface area (Å²) in [6.45, 7) is 0. The normalized spacial score (nSPS) is 10.4. The number of ether oxygens (including phenoxy) is 1. The third-order valence-electron chi connectivity index (χ3n) is 1.96. The third kappa shape index (κ3) is 1.31. The molecule has 0 aliphatic heterocycles. The molecule has 14 heavy (non-hydrogen) atoms. The molecule has 0 unspecified atom stereocenters. The van der Waals surface area contributed by atoms with E-state index in [2.05, 4.69) is 4.74 Å². The van der Waals surface area contributed by atoms with Gasteiger partial charge in [0.1, 0.15) is 5.58 Å². The van der Waals surface area contributed by atoms with Gasteiger partial charge in [0.05, 0.1) is 12.7 Å². The summed E-state index contributed by atoms with van der Waals surface area (Å²) in [4.78, 5) is 11.2. The number of nitrogen functional groups attached to an aromatic ring is 1. The number of hydrogen-bond donors (Lipinski definition) is 1. The largest absolute Gasteiger partial charge is 0.465 e. The molecule has 72 valence electrons. The van der Waals surface area contributed by atoms with Crippen molar-refractivity contribution >= 4 is 22.8 Å². The van der Waals surface area contributed by atoms with Gasteiger partial charge in [0.25, 0.3) is 0 Å². The molecule has 2 N–H and O–H groups in total. The summed E-state index contributed by atoms with van der Waals surface area (Å²) >= 11 is 0. The second-order valence-corrected chi connectivity index (χ2v) is 2.89. The third-order valence-corrected chi connectivity index (χ3v) is 1.96. The first-order valence-electron chi connectivity index (χ1n) is 4.08. The van der Waals surface area contributed by atoms with Gasteiger partial charge in [-0.25, -0.2) is 4.79 Å². The van der Waals surface area contributed by atoms with E-state index in [4.69, 9.17) is 10.2 Å². The van der Waals surface area contributed by atoms with Crippen LogP contribution in [0.2, 0.25) is 0 Å². The maximum Gasteiger partial charge on any atom is 0.337 e. The van der Waals surface area contributed by atoms with Crippen molar-refractivity contribution in [2.75, 3.05) is 12.8 Å². The van der Waals surface area contributed by atoms with Crippen molar-refractivity contribution in [3.05, 3.63) is 29.8 Å². The summed E-state index contributed by atoms with van der Waals surface area (Å²) in [6, 6.07) is 6.75. The lowest BCUT2D eigenvalue weighted by Gasteiger charge is -1.97. The highest BCUT2D eigenvalue weighted by molar-refractivity contribution is 5.94. The second kappa shape index (κ2) is 3.06. The maximum absolute atomic E-state index is 11.2. The molecule has 0 atom stereocenters. The minimum atomic E-state index is -0.387. The van der Waals surface area contributed by atoms with Gasteiger partial charge in [-0.05, 0) is 12.1 Å². The van der Waals surface area contributed by atoms with Crippen molar-refractivity contribution < 1.29 is 13.9 Å². The molecule has 0 saturated heterocycles. The Morgan fingerprint density at radius 1 is 1.43 bits per heavy atom. The van der Waals surface area contributed by atoms with Crippen LogP contribution in [-0.2, 0) is 4.74 Å². The van der Waals surface area contributed by atoms with E-state index in [0.29, 0.717) is 17.0 Å². The van der Waals surface area contributed by atoms with Crippen LogP contribution in [0.1, 0.15) is 10.4 Å². The molecule has 0 aliphatic carbocycles. The first-order valence-corrected chi connectivity index (χ1v) is 4.08. The number of carbonyl (C=O) groups is 1. The number of methoxy groups -OCH3 is 1. The number of benzene rings is 1. The van der Waals surface area contributed by atoms with Gasteiger partial charge < -0.3 is 14.9 Å². The molecule has 0 radical (unpaired) electrons. The highest BCUT2D eigenvalue weighted by Gasteiger charge is 2.08. The fourth-order valence-electron chi connectivity index (χ4n) is 1.30. The first kappa shape index (κ1) is 8.62. The smallest absolute Gasteiger partial charge is 0.337 e. The van der Waals surface area contributed by atoms with E-state index >= 15 is 0 Å². The Morgan fingerprint density at radius 3 is 2.93 bits per heavy atom. The van der Waals surface area contributed by atoms with Crippen LogP contribution >= 0.6 is 0 Å². The van der Waals surface area contributed by atoms with E-state index in [1.807, 2.05) is 0 Å². The highest BCUT2D eigenvalue weighted by atomic mass is 16.5. The van der Waals surface area contributed by atoms with Gasteiger partial charge >= 0.3 is 5.97 Å². The molecule has 0 amide bonds. The van der Waals surface area contributed by atoms with Gasteiger partial charge in [-0.1, -0.05) is 6.07 Å². The van der Waals surface area contributed by atoms with Gasteiger partial charge in [0.15, 0.2) is 5.88 Å². The molecule has 1 aromatic heterocycles. The topological polar surface area (TPSA) is 65.5 Å². The minimum Gasteiger partial charge on any atom is -0.465 e. The number of carbonyl (C=O) groups excluding carboxylic acids is 1. The predicted octanol–water partition coefficient (Wildman–Crippen LogP) is 1.80. The van der Waals surface area contributed by atoms with Crippen LogP contribution in [-0.4, -0.2) is 13.1 Å². The monoisotopic (exact) mass is 191 g/mol. The van der Waals surface area contributed by atoms with E-state index in [9.17, 15) is 4.79 Å². The Balaban J connectivity index is 2.55. The number of furan rings is 1. The average molecular weight is 191 g/mol. The Hall–Kier alpha value is -1.97. The van der Waals surface area contributed by atoms with Crippen molar-refractivity contribution in [2.45, 2.75) is 0 Å². The first-order chi connectivity index (χ1) is 6.70. The molecule has 4 heteroatoms. The summed E-state index contributed by atoms with van der Waals surface area (Å²) in [5.74, 6) is -0.0520. The predicted molar refractivity (Wildman–Crippen MR) is 52.0 cm³/mol. The lowest BCUT2D eigenvalue weighted by atomic mass is 10.2. The summed E-state index contributed by atoms with van der Waals surface area (Å²) in [6.07, 6.45) is 0. The molecule has 0 aliphatic rings. The molecule has 4 nitrogen and oxygen atoms in total. The van der Waals surface area contributed by atoms with Gasteiger partial charge in [0, 0.05) is 11.5 Å². The molecule has 1 heterocycles. The Kier molecular flexibility index (Phi) is 1.89. The summed E-state index contributed by atoms with van der Waals surface area (Å²) < 4.78 is 9.75. The number of esters is 1. The van der Waals surface area contributed by atoms with Crippen molar-refractivity contribution in [1.82, 2.24) is 0 Å². The lowest BCUT2D eigenvalue weighted by molar-refractivity contribution is 0.0601. The van der Waals surface area contributed by atoms with E-state index in [-0.39, 0.29) is 5.97 Å². The van der Waals surface area contributed by atoms with Crippen LogP contribution in [0, 0.1) is 0 Å². The maximum atomic E-state index is 11.2. The Bertz CT molecular complexity index is 487. The van der Waals surface area contributed by atoms with Crippen LogP contribution in [0.25, 0.3) is 11.0 Å². The SMILES string of the molecule is COC(=O)c1ccc2cc(N)oc2c1. The van der Waals surface area contributed by atoms with Crippen LogP contribution in [0.4, 0.5) is 5.88 Å². The molecular weight excluding hydrogens is 182 g/mol. The molecule has 0 spiro atoms. The van der Waals surface area contributed by atoms with Crippen LogP contribution in [0.15, 0.2) is 28.7 Å². The molecule has 1 aromatic carbocycles. The number of rotatable bonds is 1. The van der Waals surface area contributed by atoms with Crippen LogP contribution < -0.4 is 5.73 Å². The van der Waals surface area contributed by atoms with E-state index in [1.54, 1.807) is 24.3 Å². The van der Waals surface area contributed by atoms with E-state index in [1.165, 1.54) is 7.11 Å². The molecule has 0 saturated carbocycles. The second-order valence-electron chi connectivity index (χ2n) is 2.89. The van der Waals surface area contributed by atoms with E-state index < -0.39 is 0 Å². The van der Waals surface area contributed by atoms with Gasteiger partial charge in [-0.2, -0.15) is 0 Å². The van der Waals surface area contributed by atoms with Crippen LogP contribution in [0.3, 0.4) is 0 Å². The number of nitrogens with two attached hydrogens (primary N) is 1.